The summed E-state index contributed by atoms with van der Waals surface area (Å²) < 4.78 is 2.25. The van der Waals surface area contributed by atoms with Crippen LogP contribution in [0.5, 0.6) is 0 Å². The molecule has 6 rings (SSSR count). The van der Waals surface area contributed by atoms with E-state index in [9.17, 15) is 0 Å². The second-order valence-corrected chi connectivity index (χ2v) is 8.94. The van der Waals surface area contributed by atoms with E-state index in [1.54, 1.807) is 0 Å². The first-order valence-corrected chi connectivity index (χ1v) is 11.1. The van der Waals surface area contributed by atoms with Gasteiger partial charge in [0.15, 0.2) is 0 Å². The molecule has 0 atom stereocenters. The number of benzene rings is 5. The van der Waals surface area contributed by atoms with Crippen molar-refractivity contribution in [2.45, 2.75) is 0 Å². The largest absolute Gasteiger partial charge is 0.354 e. The third kappa shape index (κ3) is 2.44. The first kappa shape index (κ1) is 17.3. The van der Waals surface area contributed by atoms with Crippen LogP contribution in [0.15, 0.2) is 93.9 Å². The summed E-state index contributed by atoms with van der Waals surface area (Å²) in [7, 11) is 0. The molecular weight excluding hydrogens is 486 g/mol. The predicted octanol–water partition coefficient (Wildman–Crippen LogP) is 8.82. The van der Waals surface area contributed by atoms with Gasteiger partial charge < -0.3 is 4.98 Å². The van der Waals surface area contributed by atoms with Gasteiger partial charge in [-0.15, -0.1) is 0 Å². The number of H-pyrrole nitrogens is 1. The van der Waals surface area contributed by atoms with Crippen LogP contribution in [0.1, 0.15) is 0 Å². The molecular formula is C26H15Br2N. The lowest BCUT2D eigenvalue weighted by Gasteiger charge is -2.15. The number of aromatic amines is 1. The van der Waals surface area contributed by atoms with Crippen LogP contribution in [0, 0.1) is 0 Å². The van der Waals surface area contributed by atoms with Gasteiger partial charge in [0.2, 0.25) is 0 Å². The van der Waals surface area contributed by atoms with Crippen LogP contribution in [-0.4, -0.2) is 4.98 Å². The molecule has 0 bridgehead atoms. The van der Waals surface area contributed by atoms with Gasteiger partial charge in [-0.2, -0.15) is 0 Å². The van der Waals surface area contributed by atoms with Gasteiger partial charge in [0.1, 0.15) is 0 Å². The zero-order chi connectivity index (χ0) is 19.5. The minimum atomic E-state index is 1.11. The molecule has 29 heavy (non-hydrogen) atoms. The maximum atomic E-state index is 3.96. The monoisotopic (exact) mass is 499 g/mol. The molecule has 0 spiro atoms. The van der Waals surface area contributed by atoms with Crippen molar-refractivity contribution < 1.29 is 0 Å². The maximum Gasteiger partial charge on any atom is 0.0545 e. The first-order chi connectivity index (χ1) is 14.2. The minimum absolute atomic E-state index is 1.11. The standard InChI is InChI=1S/C26H15Br2N/c27-21-13-6-14-22-24(21)20-12-5-11-19(26(20)29-22)23-17-9-3-1-7-15(17)16-8-2-4-10-18(16)25(23)28/h1-14,29H. The molecule has 3 heteroatoms. The fourth-order valence-electron chi connectivity index (χ4n) is 4.50. The molecule has 1 aromatic heterocycles. The summed E-state index contributed by atoms with van der Waals surface area (Å²) in [5, 5.41) is 7.49. The maximum absolute atomic E-state index is 3.96. The molecule has 1 nitrogen and oxygen atoms in total. The number of aromatic nitrogens is 1. The number of nitrogens with one attached hydrogen (secondary N) is 1. The first-order valence-electron chi connectivity index (χ1n) is 9.52. The molecule has 0 aliphatic carbocycles. The van der Waals surface area contributed by atoms with E-state index in [0.29, 0.717) is 0 Å². The molecule has 0 aliphatic rings. The van der Waals surface area contributed by atoms with Crippen molar-refractivity contribution in [3.05, 3.63) is 93.9 Å². The zero-order valence-corrected chi connectivity index (χ0v) is 18.5. The van der Waals surface area contributed by atoms with Crippen LogP contribution in [-0.2, 0) is 0 Å². The lowest BCUT2D eigenvalue weighted by atomic mass is 9.92. The molecule has 0 saturated heterocycles. The van der Waals surface area contributed by atoms with E-state index in [1.807, 2.05) is 0 Å². The Morgan fingerprint density at radius 3 is 1.97 bits per heavy atom. The van der Waals surface area contributed by atoms with E-state index >= 15 is 0 Å². The van der Waals surface area contributed by atoms with Gasteiger partial charge in [-0.25, -0.2) is 0 Å². The van der Waals surface area contributed by atoms with Crippen LogP contribution in [0.4, 0.5) is 0 Å². The predicted molar refractivity (Wildman–Crippen MR) is 132 cm³/mol. The highest BCUT2D eigenvalue weighted by atomic mass is 79.9. The van der Waals surface area contributed by atoms with Crippen molar-refractivity contribution in [1.82, 2.24) is 4.98 Å². The average molecular weight is 501 g/mol. The van der Waals surface area contributed by atoms with Gasteiger partial charge in [-0.1, -0.05) is 88.7 Å². The van der Waals surface area contributed by atoms with Crippen LogP contribution in [0.2, 0.25) is 0 Å². The van der Waals surface area contributed by atoms with E-state index in [1.165, 1.54) is 43.4 Å². The smallest absolute Gasteiger partial charge is 0.0545 e. The van der Waals surface area contributed by atoms with Crippen molar-refractivity contribution in [2.75, 3.05) is 0 Å². The molecule has 0 radical (unpaired) electrons. The molecule has 1 heterocycles. The summed E-state index contributed by atoms with van der Waals surface area (Å²) in [5.74, 6) is 0. The van der Waals surface area contributed by atoms with Crippen molar-refractivity contribution in [1.29, 1.82) is 0 Å². The summed E-state index contributed by atoms with van der Waals surface area (Å²) in [4.78, 5) is 3.68. The summed E-state index contributed by atoms with van der Waals surface area (Å²) >= 11 is 7.70. The number of halogens is 2. The molecule has 0 saturated carbocycles. The van der Waals surface area contributed by atoms with Gasteiger partial charge in [0.25, 0.3) is 0 Å². The van der Waals surface area contributed by atoms with Crippen molar-refractivity contribution in [3.8, 4) is 11.1 Å². The fraction of sp³-hybridized carbons (Fsp3) is 0. The number of rotatable bonds is 1. The number of para-hydroxylation sites is 1. The summed E-state index contributed by atoms with van der Waals surface area (Å²) in [5.41, 5.74) is 4.74. The highest BCUT2D eigenvalue weighted by molar-refractivity contribution is 9.11. The Labute approximate surface area is 184 Å². The van der Waals surface area contributed by atoms with E-state index in [0.717, 1.165) is 20.0 Å². The van der Waals surface area contributed by atoms with E-state index in [4.69, 9.17) is 0 Å². The average Bonchev–Trinajstić information content (AvgIpc) is 3.15. The van der Waals surface area contributed by atoms with Gasteiger partial charge >= 0.3 is 0 Å². The minimum Gasteiger partial charge on any atom is -0.354 e. The highest BCUT2D eigenvalue weighted by Crippen LogP contribution is 2.45. The molecule has 138 valence electrons. The molecule has 5 aromatic carbocycles. The Morgan fingerprint density at radius 1 is 0.552 bits per heavy atom. The zero-order valence-electron chi connectivity index (χ0n) is 15.3. The second-order valence-electron chi connectivity index (χ2n) is 7.30. The number of hydrogen-bond acceptors (Lipinski definition) is 0. The van der Waals surface area contributed by atoms with Crippen LogP contribution < -0.4 is 0 Å². The molecule has 1 N–H and O–H groups in total. The summed E-state index contributed by atoms with van der Waals surface area (Å²) in [6.07, 6.45) is 0. The third-order valence-electron chi connectivity index (χ3n) is 5.75. The topological polar surface area (TPSA) is 15.8 Å². The molecule has 0 unspecified atom stereocenters. The highest BCUT2D eigenvalue weighted by Gasteiger charge is 2.18. The van der Waals surface area contributed by atoms with Crippen molar-refractivity contribution in [2.24, 2.45) is 0 Å². The second kappa shape index (κ2) is 6.45. The number of fused-ring (bicyclic) bond motifs is 6. The van der Waals surface area contributed by atoms with E-state index < -0.39 is 0 Å². The molecule has 0 fully saturated rings. The van der Waals surface area contributed by atoms with Gasteiger partial charge in [-0.3, -0.25) is 0 Å². The number of hydrogen-bond donors (Lipinski definition) is 1. The molecule has 0 aliphatic heterocycles. The molecule has 6 aromatic rings. The fourth-order valence-corrected chi connectivity index (χ4v) is 5.85. The van der Waals surface area contributed by atoms with Crippen LogP contribution >= 0.6 is 31.9 Å². The third-order valence-corrected chi connectivity index (χ3v) is 7.23. The van der Waals surface area contributed by atoms with Gasteiger partial charge in [0.05, 0.1) is 5.52 Å². The Morgan fingerprint density at radius 2 is 1.17 bits per heavy atom. The SMILES string of the molecule is Brc1c(-c2cccc3c2[nH]c2cccc(Br)c23)c2ccccc2c2ccccc12. The van der Waals surface area contributed by atoms with E-state index in [-0.39, 0.29) is 0 Å². The van der Waals surface area contributed by atoms with Crippen LogP contribution in [0.25, 0.3) is 54.5 Å². The Kier molecular flexibility index (Phi) is 3.84. The Balaban J connectivity index is 1.84. The Bertz CT molecular complexity index is 1580. The lowest BCUT2D eigenvalue weighted by molar-refractivity contribution is 1.54. The van der Waals surface area contributed by atoms with Gasteiger partial charge in [-0.05, 0) is 49.6 Å². The normalized spacial score (nSPS) is 11.8. The van der Waals surface area contributed by atoms with Crippen LogP contribution in [0.3, 0.4) is 0 Å². The Hall–Kier alpha value is -2.62. The summed E-state index contributed by atoms with van der Waals surface area (Å²) in [6.45, 7) is 0. The van der Waals surface area contributed by atoms with E-state index in [2.05, 4.69) is 122 Å². The lowest BCUT2D eigenvalue weighted by Crippen LogP contribution is -1.88. The van der Waals surface area contributed by atoms with Gasteiger partial charge in [0, 0.05) is 36.4 Å². The van der Waals surface area contributed by atoms with Crippen molar-refractivity contribution >= 4 is 75.2 Å². The molecule has 0 amide bonds. The van der Waals surface area contributed by atoms with Crippen molar-refractivity contribution in [3.63, 3.8) is 0 Å². The summed E-state index contributed by atoms with van der Waals surface area (Å²) in [6, 6.07) is 30.2. The quantitative estimate of drug-likeness (QED) is 0.217.